The lowest BCUT2D eigenvalue weighted by Gasteiger charge is -2.18. The van der Waals surface area contributed by atoms with Crippen LogP contribution in [-0.4, -0.2) is 31.5 Å². The number of nitrogens with one attached hydrogen (secondary N) is 1. The Morgan fingerprint density at radius 3 is 2.65 bits per heavy atom. The number of nitrogens with two attached hydrogens (primary N) is 1. The summed E-state index contributed by atoms with van der Waals surface area (Å²) < 4.78 is 10.6. The number of fused-ring (bicyclic) bond motifs is 1. The molecule has 1 aliphatic rings. The Morgan fingerprint density at radius 1 is 1.17 bits per heavy atom. The van der Waals surface area contributed by atoms with Gasteiger partial charge in [0.1, 0.15) is 24.7 Å². The van der Waals surface area contributed by atoms with E-state index in [1.165, 1.54) is 5.56 Å². The minimum Gasteiger partial charge on any atom is -0.490 e. The number of rotatable bonds is 3. The van der Waals surface area contributed by atoms with Gasteiger partial charge in [-0.05, 0) is 49.2 Å². The summed E-state index contributed by atoms with van der Waals surface area (Å²) in [4.78, 5) is 0. The smallest absolute Gasteiger partial charge is 0.142 e. The molecule has 2 aromatic carbocycles. The van der Waals surface area contributed by atoms with Crippen molar-refractivity contribution in [2.24, 2.45) is 0 Å². The SMILES string of the molecule is Cc1ccc(OCCO)c(N)c1.Cc1ccc2c(c1)NCCO2. The maximum atomic E-state index is 8.51. The lowest BCUT2D eigenvalue weighted by molar-refractivity contribution is 0.202. The Hall–Kier alpha value is -2.40. The van der Waals surface area contributed by atoms with Crippen molar-refractivity contribution in [3.8, 4) is 11.5 Å². The molecule has 0 unspecified atom stereocenters. The van der Waals surface area contributed by atoms with Crippen LogP contribution in [0, 0.1) is 13.8 Å². The van der Waals surface area contributed by atoms with Crippen LogP contribution in [0.25, 0.3) is 0 Å². The van der Waals surface area contributed by atoms with Crippen LogP contribution >= 0.6 is 0 Å². The van der Waals surface area contributed by atoms with E-state index >= 15 is 0 Å². The summed E-state index contributed by atoms with van der Waals surface area (Å²) in [7, 11) is 0. The van der Waals surface area contributed by atoms with Crippen molar-refractivity contribution >= 4 is 11.4 Å². The molecule has 1 heterocycles. The Kier molecular flexibility index (Phi) is 6.11. The van der Waals surface area contributed by atoms with E-state index in [0.29, 0.717) is 11.4 Å². The first kappa shape index (κ1) is 17.0. The molecule has 0 fully saturated rings. The van der Waals surface area contributed by atoms with Gasteiger partial charge in [-0.3, -0.25) is 0 Å². The average Bonchev–Trinajstić information content (AvgIpc) is 2.54. The van der Waals surface area contributed by atoms with Gasteiger partial charge in [-0.1, -0.05) is 12.1 Å². The van der Waals surface area contributed by atoms with Crippen molar-refractivity contribution in [2.45, 2.75) is 13.8 Å². The molecule has 0 saturated carbocycles. The third-order valence-electron chi connectivity index (χ3n) is 3.32. The van der Waals surface area contributed by atoms with Crippen LogP contribution in [0.3, 0.4) is 0 Å². The summed E-state index contributed by atoms with van der Waals surface area (Å²) >= 11 is 0. The van der Waals surface area contributed by atoms with Crippen molar-refractivity contribution in [3.05, 3.63) is 47.5 Å². The number of aryl methyl sites for hydroxylation is 2. The van der Waals surface area contributed by atoms with Gasteiger partial charge < -0.3 is 25.6 Å². The average molecular weight is 316 g/mol. The van der Waals surface area contributed by atoms with E-state index < -0.39 is 0 Å². The Balaban J connectivity index is 0.000000167. The predicted molar refractivity (Wildman–Crippen MR) is 93.3 cm³/mol. The van der Waals surface area contributed by atoms with Crippen molar-refractivity contribution in [1.82, 2.24) is 0 Å². The molecule has 0 aliphatic carbocycles. The van der Waals surface area contributed by atoms with E-state index in [9.17, 15) is 0 Å². The first-order valence-corrected chi connectivity index (χ1v) is 7.67. The zero-order valence-electron chi connectivity index (χ0n) is 13.6. The molecule has 1 aliphatic heterocycles. The molecule has 0 amide bonds. The van der Waals surface area contributed by atoms with Gasteiger partial charge in [0.15, 0.2) is 0 Å². The summed E-state index contributed by atoms with van der Waals surface area (Å²) in [5.41, 5.74) is 9.76. The first-order valence-electron chi connectivity index (χ1n) is 7.67. The van der Waals surface area contributed by atoms with Crippen LogP contribution in [0.5, 0.6) is 11.5 Å². The molecule has 3 rings (SSSR count). The highest BCUT2D eigenvalue weighted by atomic mass is 16.5. The number of aliphatic hydroxyl groups is 1. The summed E-state index contributed by atoms with van der Waals surface area (Å²) in [6.07, 6.45) is 0. The largest absolute Gasteiger partial charge is 0.490 e. The van der Waals surface area contributed by atoms with Crippen molar-refractivity contribution in [1.29, 1.82) is 0 Å². The van der Waals surface area contributed by atoms with Gasteiger partial charge in [-0.25, -0.2) is 0 Å². The molecule has 0 spiro atoms. The second-order valence-electron chi connectivity index (χ2n) is 5.39. The third kappa shape index (κ3) is 5.07. The second kappa shape index (κ2) is 8.29. The van der Waals surface area contributed by atoms with Gasteiger partial charge in [0.25, 0.3) is 0 Å². The summed E-state index contributed by atoms with van der Waals surface area (Å²) in [6.45, 7) is 6.02. The Labute approximate surface area is 137 Å². The molecule has 0 radical (unpaired) electrons. The second-order valence-corrected chi connectivity index (χ2v) is 5.39. The number of ether oxygens (including phenoxy) is 2. The van der Waals surface area contributed by atoms with Crippen LogP contribution < -0.4 is 20.5 Å². The highest BCUT2D eigenvalue weighted by Crippen LogP contribution is 2.27. The molecule has 0 bridgehead atoms. The van der Waals surface area contributed by atoms with Crippen LogP contribution in [0.15, 0.2) is 36.4 Å². The first-order chi connectivity index (χ1) is 11.1. The van der Waals surface area contributed by atoms with Gasteiger partial charge in [-0.15, -0.1) is 0 Å². The quantitative estimate of drug-likeness (QED) is 0.759. The van der Waals surface area contributed by atoms with Gasteiger partial charge in [-0.2, -0.15) is 0 Å². The van der Waals surface area contributed by atoms with E-state index in [-0.39, 0.29) is 13.2 Å². The Morgan fingerprint density at radius 2 is 1.91 bits per heavy atom. The van der Waals surface area contributed by atoms with Gasteiger partial charge in [0.2, 0.25) is 0 Å². The minimum absolute atomic E-state index is 0.00726. The molecule has 23 heavy (non-hydrogen) atoms. The molecule has 0 atom stereocenters. The zero-order valence-corrected chi connectivity index (χ0v) is 13.6. The fourth-order valence-corrected chi connectivity index (χ4v) is 2.21. The molecule has 0 saturated heterocycles. The summed E-state index contributed by atoms with van der Waals surface area (Å²) in [6, 6.07) is 11.7. The number of hydrogen-bond acceptors (Lipinski definition) is 5. The third-order valence-corrected chi connectivity index (χ3v) is 3.32. The topological polar surface area (TPSA) is 76.7 Å². The number of anilines is 2. The number of aliphatic hydroxyl groups excluding tert-OH is 1. The van der Waals surface area contributed by atoms with E-state index in [2.05, 4.69) is 24.4 Å². The lowest BCUT2D eigenvalue weighted by atomic mass is 10.2. The predicted octanol–water partition coefficient (Wildman–Crippen LogP) is 2.75. The minimum atomic E-state index is 0.00726. The van der Waals surface area contributed by atoms with Gasteiger partial charge in [0, 0.05) is 6.54 Å². The standard InChI is InChI=1S/C9H13NO2.C9H11NO/c1-7-2-3-9(8(10)6-7)12-5-4-11;1-7-2-3-9-8(6-7)10-4-5-11-9/h2-3,6,11H,4-5,10H2,1H3;2-3,6,10H,4-5H2,1H3. The molecule has 0 aromatic heterocycles. The normalized spacial score (nSPS) is 12.1. The fraction of sp³-hybridized carbons (Fsp3) is 0.333. The number of hydrogen-bond donors (Lipinski definition) is 3. The van der Waals surface area contributed by atoms with Crippen molar-refractivity contribution in [2.75, 3.05) is 37.4 Å². The van der Waals surface area contributed by atoms with Crippen molar-refractivity contribution < 1.29 is 14.6 Å². The van der Waals surface area contributed by atoms with Crippen LogP contribution in [0.1, 0.15) is 11.1 Å². The molecular formula is C18H24N2O3. The molecule has 5 heteroatoms. The molecule has 5 nitrogen and oxygen atoms in total. The molecule has 2 aromatic rings. The van der Waals surface area contributed by atoms with Gasteiger partial charge >= 0.3 is 0 Å². The maximum absolute atomic E-state index is 8.51. The lowest BCUT2D eigenvalue weighted by Crippen LogP contribution is -2.17. The van der Waals surface area contributed by atoms with Crippen LogP contribution in [-0.2, 0) is 0 Å². The van der Waals surface area contributed by atoms with Crippen LogP contribution in [0.4, 0.5) is 11.4 Å². The van der Waals surface area contributed by atoms with Crippen molar-refractivity contribution in [3.63, 3.8) is 0 Å². The van der Waals surface area contributed by atoms with E-state index in [0.717, 1.165) is 30.2 Å². The number of nitrogen functional groups attached to an aromatic ring is 1. The monoisotopic (exact) mass is 316 g/mol. The van der Waals surface area contributed by atoms with E-state index in [1.807, 2.05) is 25.1 Å². The highest BCUT2D eigenvalue weighted by molar-refractivity contribution is 5.59. The summed E-state index contributed by atoms with van der Waals surface area (Å²) in [5.74, 6) is 1.61. The molecule has 4 N–H and O–H groups in total. The maximum Gasteiger partial charge on any atom is 0.142 e. The molecule has 124 valence electrons. The van der Waals surface area contributed by atoms with E-state index in [1.54, 1.807) is 6.07 Å². The molecular weight excluding hydrogens is 292 g/mol. The van der Waals surface area contributed by atoms with Gasteiger partial charge in [0.05, 0.1) is 18.0 Å². The fourth-order valence-electron chi connectivity index (χ4n) is 2.21. The Bertz CT molecular complexity index is 644. The van der Waals surface area contributed by atoms with Crippen LogP contribution in [0.2, 0.25) is 0 Å². The highest BCUT2D eigenvalue weighted by Gasteiger charge is 2.07. The summed E-state index contributed by atoms with van der Waals surface area (Å²) in [5, 5.41) is 11.8. The zero-order chi connectivity index (χ0) is 16.7. The number of benzene rings is 2. The van der Waals surface area contributed by atoms with E-state index in [4.69, 9.17) is 20.3 Å².